The molecule has 0 aliphatic carbocycles. The number of benzene rings is 1. The highest BCUT2D eigenvalue weighted by molar-refractivity contribution is 7.71. The fourth-order valence-electron chi connectivity index (χ4n) is 2.50. The lowest BCUT2D eigenvalue weighted by molar-refractivity contribution is 0.0896. The highest BCUT2D eigenvalue weighted by atomic mass is 32.1. The van der Waals surface area contributed by atoms with Crippen molar-refractivity contribution in [1.29, 1.82) is 0 Å². The number of anilines is 1. The molecular formula is C14H15N3OS. The van der Waals surface area contributed by atoms with Gasteiger partial charge in [-0.2, -0.15) is 0 Å². The Morgan fingerprint density at radius 2 is 2.16 bits per heavy atom. The molecule has 0 bridgehead atoms. The van der Waals surface area contributed by atoms with E-state index in [2.05, 4.69) is 24.1 Å². The molecule has 4 nitrogen and oxygen atoms in total. The highest BCUT2D eigenvalue weighted by Gasteiger charge is 2.31. The van der Waals surface area contributed by atoms with Crippen LogP contribution in [0.25, 0.3) is 10.9 Å². The summed E-state index contributed by atoms with van der Waals surface area (Å²) in [5, 5.41) is 4.25. The maximum absolute atomic E-state index is 12.4. The predicted octanol–water partition coefficient (Wildman–Crippen LogP) is 3.25. The van der Waals surface area contributed by atoms with E-state index in [0.717, 1.165) is 23.1 Å². The number of nitrogens with zero attached hydrogens (tertiary/aromatic N) is 2. The van der Waals surface area contributed by atoms with E-state index in [1.54, 1.807) is 0 Å². The molecule has 0 saturated carbocycles. The summed E-state index contributed by atoms with van der Waals surface area (Å²) in [4.78, 5) is 16.7. The van der Waals surface area contributed by atoms with Crippen LogP contribution in [0, 0.1) is 10.7 Å². The second kappa shape index (κ2) is 4.42. The zero-order valence-electron chi connectivity index (χ0n) is 10.9. The van der Waals surface area contributed by atoms with E-state index in [4.69, 9.17) is 12.2 Å². The van der Waals surface area contributed by atoms with Crippen molar-refractivity contribution in [1.82, 2.24) is 9.55 Å². The first kappa shape index (κ1) is 12.3. The van der Waals surface area contributed by atoms with Gasteiger partial charge in [-0.05, 0) is 36.7 Å². The Morgan fingerprint density at radius 3 is 2.89 bits per heavy atom. The largest absolute Gasteiger partial charge is 0.359 e. The molecule has 1 aliphatic rings. The summed E-state index contributed by atoms with van der Waals surface area (Å²) in [6, 6.07) is 7.53. The van der Waals surface area contributed by atoms with Crippen LogP contribution in [-0.2, 0) is 0 Å². The van der Waals surface area contributed by atoms with Crippen molar-refractivity contribution in [3.8, 4) is 0 Å². The lowest BCUT2D eigenvalue weighted by Crippen LogP contribution is -2.26. The molecule has 1 aromatic carbocycles. The van der Waals surface area contributed by atoms with Gasteiger partial charge >= 0.3 is 0 Å². The summed E-state index contributed by atoms with van der Waals surface area (Å²) in [6.45, 7) is 4.21. The van der Waals surface area contributed by atoms with Crippen molar-refractivity contribution in [3.05, 3.63) is 29.0 Å². The van der Waals surface area contributed by atoms with Gasteiger partial charge in [-0.15, -0.1) is 0 Å². The Morgan fingerprint density at radius 1 is 1.42 bits per heavy atom. The van der Waals surface area contributed by atoms with Crippen LogP contribution in [0.1, 0.15) is 25.1 Å². The van der Waals surface area contributed by atoms with Gasteiger partial charge < -0.3 is 5.32 Å². The molecule has 1 atom stereocenters. The Kier molecular flexibility index (Phi) is 2.86. The maximum Gasteiger partial charge on any atom is 0.257 e. The molecule has 1 aromatic heterocycles. The lowest BCUT2D eigenvalue weighted by atomic mass is 10.0. The summed E-state index contributed by atoms with van der Waals surface area (Å²) < 4.78 is 1.86. The van der Waals surface area contributed by atoms with Crippen LogP contribution < -0.4 is 5.32 Å². The minimum atomic E-state index is -0.200. The van der Waals surface area contributed by atoms with Crippen LogP contribution in [0.4, 0.5) is 5.82 Å². The molecule has 0 spiro atoms. The topological polar surface area (TPSA) is 46.9 Å². The molecule has 2 aromatic rings. The molecule has 1 N–H and O–H groups in total. The van der Waals surface area contributed by atoms with Gasteiger partial charge in [-0.3, -0.25) is 4.79 Å². The Balaban J connectivity index is 2.19. The van der Waals surface area contributed by atoms with E-state index in [1.807, 2.05) is 24.3 Å². The van der Waals surface area contributed by atoms with Gasteiger partial charge in [-0.1, -0.05) is 26.0 Å². The van der Waals surface area contributed by atoms with Gasteiger partial charge in [0.25, 0.3) is 5.91 Å². The number of carbonyl (C=O) groups excluding carboxylic acids is 1. The lowest BCUT2D eigenvalue weighted by Gasteiger charge is -2.10. The smallest absolute Gasteiger partial charge is 0.257 e. The van der Waals surface area contributed by atoms with Crippen molar-refractivity contribution in [3.63, 3.8) is 0 Å². The quantitative estimate of drug-likeness (QED) is 0.853. The maximum atomic E-state index is 12.4. The van der Waals surface area contributed by atoms with E-state index in [-0.39, 0.29) is 11.9 Å². The van der Waals surface area contributed by atoms with E-state index in [9.17, 15) is 4.79 Å². The zero-order valence-corrected chi connectivity index (χ0v) is 11.7. The third kappa shape index (κ3) is 1.94. The third-order valence-electron chi connectivity index (χ3n) is 3.33. The summed E-state index contributed by atoms with van der Waals surface area (Å²) in [7, 11) is 0. The van der Waals surface area contributed by atoms with Crippen molar-refractivity contribution in [2.75, 3.05) is 5.32 Å². The molecule has 1 aliphatic heterocycles. The van der Waals surface area contributed by atoms with Crippen LogP contribution >= 0.6 is 12.2 Å². The van der Waals surface area contributed by atoms with Crippen LogP contribution in [0.3, 0.4) is 0 Å². The first-order chi connectivity index (χ1) is 9.08. The van der Waals surface area contributed by atoms with Crippen LogP contribution in [-0.4, -0.2) is 21.5 Å². The second-order valence-electron chi connectivity index (χ2n) is 5.26. The van der Waals surface area contributed by atoms with Crippen molar-refractivity contribution in [2.24, 2.45) is 5.92 Å². The molecule has 5 heteroatoms. The molecule has 0 radical (unpaired) electrons. The van der Waals surface area contributed by atoms with Gasteiger partial charge in [0, 0.05) is 5.39 Å². The Bertz CT molecular complexity index is 720. The van der Waals surface area contributed by atoms with Crippen molar-refractivity contribution in [2.45, 2.75) is 26.3 Å². The average Bonchev–Trinajstić information content (AvgIpc) is 2.67. The first-order valence-corrected chi connectivity index (χ1v) is 6.81. The number of hydrogen-bond acceptors (Lipinski definition) is 4. The summed E-state index contributed by atoms with van der Waals surface area (Å²) in [5.41, 5.74) is 0.823. The molecule has 0 saturated heterocycles. The molecule has 0 unspecified atom stereocenters. The molecule has 19 heavy (non-hydrogen) atoms. The third-order valence-corrected chi connectivity index (χ3v) is 3.60. The Hall–Kier alpha value is -1.75. The molecule has 3 rings (SSSR count). The van der Waals surface area contributed by atoms with Crippen LogP contribution in [0.15, 0.2) is 24.3 Å². The predicted molar refractivity (Wildman–Crippen MR) is 78.1 cm³/mol. The summed E-state index contributed by atoms with van der Waals surface area (Å²) >= 11 is 5.24. The number of fused-ring (bicyclic) bond motifs is 3. The van der Waals surface area contributed by atoms with Gasteiger partial charge in [0.2, 0.25) is 4.77 Å². The fraction of sp³-hybridized carbons (Fsp3) is 0.357. The van der Waals surface area contributed by atoms with Gasteiger partial charge in [0.05, 0.1) is 5.52 Å². The first-order valence-electron chi connectivity index (χ1n) is 6.40. The summed E-state index contributed by atoms with van der Waals surface area (Å²) in [5.74, 6) is 1.24. The van der Waals surface area contributed by atoms with Gasteiger partial charge in [-0.25, -0.2) is 9.55 Å². The number of nitrogens with one attached hydrogen (secondary N) is 1. The second-order valence-corrected chi connectivity index (χ2v) is 5.63. The standard InChI is InChI=1S/C14H15N3OS/c1-8(2)7-11-13(18)17-12(15-11)9-5-3-4-6-10(9)16-14(17)19/h3-6,8,11,15H,7H2,1-2H3/t11-/m1/s1. The SMILES string of the molecule is CC(C)C[C@H]1Nc2c3ccccc3nc(=S)n2C1=O. The average molecular weight is 273 g/mol. The number of carbonyl (C=O) groups is 1. The normalized spacial score (nSPS) is 17.8. The van der Waals surface area contributed by atoms with E-state index in [0.29, 0.717) is 10.7 Å². The molecule has 98 valence electrons. The molecular weight excluding hydrogens is 258 g/mol. The minimum absolute atomic E-state index is 0.00644. The monoisotopic (exact) mass is 273 g/mol. The van der Waals surface area contributed by atoms with Crippen molar-refractivity contribution < 1.29 is 4.79 Å². The summed E-state index contributed by atoms with van der Waals surface area (Å²) in [6.07, 6.45) is 0.795. The highest BCUT2D eigenvalue weighted by Crippen LogP contribution is 2.29. The number of aromatic nitrogens is 2. The van der Waals surface area contributed by atoms with Crippen molar-refractivity contribution >= 4 is 34.8 Å². The fourth-order valence-corrected chi connectivity index (χ4v) is 2.78. The number of para-hydroxylation sites is 1. The van der Waals surface area contributed by atoms with Crippen LogP contribution in [0.2, 0.25) is 0 Å². The van der Waals surface area contributed by atoms with E-state index in [1.165, 1.54) is 4.57 Å². The Labute approximate surface area is 116 Å². The van der Waals surface area contributed by atoms with E-state index < -0.39 is 0 Å². The molecule has 2 heterocycles. The minimum Gasteiger partial charge on any atom is -0.359 e. The van der Waals surface area contributed by atoms with Gasteiger partial charge in [0.1, 0.15) is 11.9 Å². The van der Waals surface area contributed by atoms with Gasteiger partial charge in [0.15, 0.2) is 0 Å². The zero-order chi connectivity index (χ0) is 13.6. The van der Waals surface area contributed by atoms with Crippen LogP contribution in [0.5, 0.6) is 0 Å². The molecule has 0 fully saturated rings. The number of hydrogen-bond donors (Lipinski definition) is 1. The van der Waals surface area contributed by atoms with E-state index >= 15 is 0 Å². The number of rotatable bonds is 2. The molecule has 0 amide bonds.